The summed E-state index contributed by atoms with van der Waals surface area (Å²) in [5, 5.41) is 4.83. The Morgan fingerprint density at radius 2 is 1.81 bits per heavy atom. The topological polar surface area (TPSA) is 88.9 Å². The molecular formula is C24H23N5O2. The van der Waals surface area contributed by atoms with Crippen molar-refractivity contribution in [2.45, 2.75) is 26.3 Å². The highest BCUT2D eigenvalue weighted by Crippen LogP contribution is 2.25. The van der Waals surface area contributed by atoms with E-state index < -0.39 is 0 Å². The molecule has 31 heavy (non-hydrogen) atoms. The van der Waals surface area contributed by atoms with E-state index in [0.29, 0.717) is 24.2 Å². The number of hydrogen-bond donors (Lipinski definition) is 2. The van der Waals surface area contributed by atoms with Crippen molar-refractivity contribution < 1.29 is 9.59 Å². The van der Waals surface area contributed by atoms with Crippen LogP contribution in [-0.4, -0.2) is 26.6 Å². The molecule has 2 heterocycles. The number of pyridine rings is 1. The van der Waals surface area contributed by atoms with Gasteiger partial charge in [-0.05, 0) is 31.5 Å². The van der Waals surface area contributed by atoms with Gasteiger partial charge >= 0.3 is 0 Å². The number of fused-ring (bicyclic) bond motifs is 1. The minimum Gasteiger partial charge on any atom is -0.273 e. The van der Waals surface area contributed by atoms with Gasteiger partial charge in [0.15, 0.2) is 0 Å². The van der Waals surface area contributed by atoms with Crippen LogP contribution in [0.2, 0.25) is 0 Å². The Bertz CT molecular complexity index is 1200. The lowest BCUT2D eigenvalue weighted by atomic mass is 10.0. The first kappa shape index (κ1) is 20.3. The summed E-state index contributed by atoms with van der Waals surface area (Å²) < 4.78 is 1.77. The second-order valence-electron chi connectivity index (χ2n) is 7.31. The molecule has 0 atom stereocenters. The molecule has 0 saturated heterocycles. The Balaban J connectivity index is 1.47. The van der Waals surface area contributed by atoms with E-state index in [4.69, 9.17) is 4.98 Å². The molecule has 2 aromatic carbocycles. The number of aryl methyl sites for hydroxylation is 2. The number of hydrogen-bond acceptors (Lipinski definition) is 4. The standard InChI is InChI=1S/C24H23N5O2/c1-17-9-11-18(12-10-17)22-16-20(19-6-2-3-7-21(19)26-22)24(31)28-27-23(30)8-4-14-29-15-5-13-25-29/h2-3,5-7,9-13,15-16H,4,8,14H2,1H3,(H,27,30)(H,28,31). The molecule has 0 fully saturated rings. The monoisotopic (exact) mass is 413 g/mol. The van der Waals surface area contributed by atoms with Crippen LogP contribution in [0.1, 0.15) is 28.8 Å². The fourth-order valence-corrected chi connectivity index (χ4v) is 3.33. The molecule has 2 N–H and O–H groups in total. The van der Waals surface area contributed by atoms with Gasteiger partial charge in [0.2, 0.25) is 5.91 Å². The highest BCUT2D eigenvalue weighted by atomic mass is 16.2. The first-order valence-electron chi connectivity index (χ1n) is 10.1. The third kappa shape index (κ3) is 4.95. The Hall–Kier alpha value is -4.00. The number of nitrogens with zero attached hydrogens (tertiary/aromatic N) is 3. The number of carbonyl (C=O) groups is 2. The predicted octanol–water partition coefficient (Wildman–Crippen LogP) is 3.65. The molecule has 0 aliphatic carbocycles. The summed E-state index contributed by atoms with van der Waals surface area (Å²) in [5.74, 6) is -0.634. The Labute approximate surface area is 180 Å². The number of benzene rings is 2. The predicted molar refractivity (Wildman–Crippen MR) is 119 cm³/mol. The van der Waals surface area contributed by atoms with Gasteiger partial charge in [-0.15, -0.1) is 0 Å². The largest absolute Gasteiger partial charge is 0.273 e. The van der Waals surface area contributed by atoms with Crippen LogP contribution in [-0.2, 0) is 11.3 Å². The molecule has 4 aromatic rings. The highest BCUT2D eigenvalue weighted by molar-refractivity contribution is 6.07. The van der Waals surface area contributed by atoms with Crippen molar-refractivity contribution in [3.05, 3.63) is 84.2 Å². The van der Waals surface area contributed by atoms with Crippen LogP contribution in [0, 0.1) is 6.92 Å². The van der Waals surface area contributed by atoms with E-state index >= 15 is 0 Å². The molecule has 0 aliphatic rings. The molecule has 0 spiro atoms. The Kier molecular flexibility index (Phi) is 6.03. The van der Waals surface area contributed by atoms with E-state index in [1.807, 2.05) is 67.7 Å². The summed E-state index contributed by atoms with van der Waals surface area (Å²) in [6, 6.07) is 19.0. The van der Waals surface area contributed by atoms with Crippen LogP contribution in [0.25, 0.3) is 22.2 Å². The molecule has 0 unspecified atom stereocenters. The number of para-hydroxylation sites is 1. The van der Waals surface area contributed by atoms with E-state index in [1.54, 1.807) is 16.9 Å². The maximum atomic E-state index is 12.9. The molecule has 2 amide bonds. The Morgan fingerprint density at radius 1 is 1.00 bits per heavy atom. The summed E-state index contributed by atoms with van der Waals surface area (Å²) in [5.41, 5.74) is 8.99. The number of rotatable bonds is 6. The van der Waals surface area contributed by atoms with E-state index in [2.05, 4.69) is 16.0 Å². The summed E-state index contributed by atoms with van der Waals surface area (Å²) in [6.07, 6.45) is 4.45. The molecule has 0 bridgehead atoms. The second kappa shape index (κ2) is 9.21. The molecule has 4 rings (SSSR count). The average Bonchev–Trinajstić information content (AvgIpc) is 3.31. The molecule has 7 nitrogen and oxygen atoms in total. The second-order valence-corrected chi connectivity index (χ2v) is 7.31. The normalized spacial score (nSPS) is 10.7. The fourth-order valence-electron chi connectivity index (χ4n) is 3.33. The first-order valence-corrected chi connectivity index (χ1v) is 10.1. The van der Waals surface area contributed by atoms with Crippen LogP contribution < -0.4 is 10.9 Å². The summed E-state index contributed by atoms with van der Waals surface area (Å²) >= 11 is 0. The summed E-state index contributed by atoms with van der Waals surface area (Å²) in [6.45, 7) is 2.66. The van der Waals surface area contributed by atoms with Gasteiger partial charge in [-0.25, -0.2) is 4.98 Å². The van der Waals surface area contributed by atoms with E-state index in [1.165, 1.54) is 0 Å². The quantitative estimate of drug-likeness (QED) is 0.472. The number of aromatic nitrogens is 3. The molecule has 0 aliphatic heterocycles. The molecule has 0 radical (unpaired) electrons. The van der Waals surface area contributed by atoms with Crippen molar-refractivity contribution in [2.24, 2.45) is 0 Å². The molecule has 7 heteroatoms. The number of amides is 2. The van der Waals surface area contributed by atoms with Gasteiger partial charge in [-0.3, -0.25) is 25.1 Å². The fraction of sp³-hybridized carbons (Fsp3) is 0.167. The Morgan fingerprint density at radius 3 is 2.58 bits per heavy atom. The lowest BCUT2D eigenvalue weighted by Gasteiger charge is -2.11. The van der Waals surface area contributed by atoms with Gasteiger partial charge < -0.3 is 0 Å². The van der Waals surface area contributed by atoms with Gasteiger partial charge in [0.1, 0.15) is 0 Å². The van der Waals surface area contributed by atoms with Crippen molar-refractivity contribution in [3.63, 3.8) is 0 Å². The zero-order valence-corrected chi connectivity index (χ0v) is 17.2. The maximum absolute atomic E-state index is 12.9. The van der Waals surface area contributed by atoms with Gasteiger partial charge in [0.25, 0.3) is 5.91 Å². The first-order chi connectivity index (χ1) is 15.1. The zero-order chi connectivity index (χ0) is 21.6. The number of carbonyl (C=O) groups excluding carboxylic acids is 2. The van der Waals surface area contributed by atoms with Crippen LogP contribution in [0.5, 0.6) is 0 Å². The van der Waals surface area contributed by atoms with Crippen molar-refractivity contribution in [1.82, 2.24) is 25.6 Å². The van der Waals surface area contributed by atoms with Crippen molar-refractivity contribution in [2.75, 3.05) is 0 Å². The zero-order valence-electron chi connectivity index (χ0n) is 17.2. The van der Waals surface area contributed by atoms with E-state index in [0.717, 1.165) is 22.0 Å². The van der Waals surface area contributed by atoms with Crippen molar-refractivity contribution >= 4 is 22.7 Å². The smallest absolute Gasteiger partial charge is 0.270 e. The third-order valence-corrected chi connectivity index (χ3v) is 4.97. The van der Waals surface area contributed by atoms with Crippen LogP contribution in [0.4, 0.5) is 0 Å². The van der Waals surface area contributed by atoms with Gasteiger partial charge in [0, 0.05) is 36.3 Å². The van der Waals surface area contributed by atoms with Gasteiger partial charge in [0.05, 0.1) is 16.8 Å². The average molecular weight is 413 g/mol. The number of nitrogens with one attached hydrogen (secondary N) is 2. The van der Waals surface area contributed by atoms with Crippen LogP contribution >= 0.6 is 0 Å². The lowest BCUT2D eigenvalue weighted by molar-refractivity contribution is -0.122. The minimum atomic E-state index is -0.382. The van der Waals surface area contributed by atoms with E-state index in [9.17, 15) is 9.59 Å². The molecule has 0 saturated carbocycles. The molecular weight excluding hydrogens is 390 g/mol. The summed E-state index contributed by atoms with van der Waals surface area (Å²) in [4.78, 5) is 29.7. The third-order valence-electron chi connectivity index (χ3n) is 4.97. The van der Waals surface area contributed by atoms with Crippen molar-refractivity contribution in [3.8, 4) is 11.3 Å². The van der Waals surface area contributed by atoms with Crippen molar-refractivity contribution in [1.29, 1.82) is 0 Å². The van der Waals surface area contributed by atoms with Gasteiger partial charge in [-0.1, -0.05) is 48.0 Å². The maximum Gasteiger partial charge on any atom is 0.270 e. The minimum absolute atomic E-state index is 0.252. The molecule has 156 valence electrons. The highest BCUT2D eigenvalue weighted by Gasteiger charge is 2.14. The lowest BCUT2D eigenvalue weighted by Crippen LogP contribution is -2.41. The van der Waals surface area contributed by atoms with E-state index in [-0.39, 0.29) is 18.2 Å². The summed E-state index contributed by atoms with van der Waals surface area (Å²) in [7, 11) is 0. The van der Waals surface area contributed by atoms with Crippen LogP contribution in [0.3, 0.4) is 0 Å². The van der Waals surface area contributed by atoms with Gasteiger partial charge in [-0.2, -0.15) is 5.10 Å². The van der Waals surface area contributed by atoms with Crippen LogP contribution in [0.15, 0.2) is 73.1 Å². The molecule has 2 aromatic heterocycles. The SMILES string of the molecule is Cc1ccc(-c2cc(C(=O)NNC(=O)CCCn3cccn3)c3ccccc3n2)cc1. The number of hydrazine groups is 1.